The summed E-state index contributed by atoms with van der Waals surface area (Å²) in [6.07, 6.45) is 2.85. The molecule has 1 aromatic heterocycles. The summed E-state index contributed by atoms with van der Waals surface area (Å²) >= 11 is 0. The normalized spacial score (nSPS) is 12.0. The summed E-state index contributed by atoms with van der Waals surface area (Å²) in [5.41, 5.74) is 2.02. The van der Waals surface area contributed by atoms with Crippen molar-refractivity contribution in [3.05, 3.63) is 59.7 Å². The van der Waals surface area contributed by atoms with Crippen molar-refractivity contribution in [3.63, 3.8) is 0 Å². The van der Waals surface area contributed by atoms with Crippen LogP contribution in [-0.2, 0) is 13.1 Å². The van der Waals surface area contributed by atoms with Crippen LogP contribution in [0.2, 0.25) is 0 Å². The minimum atomic E-state index is -0.236. The third-order valence-electron chi connectivity index (χ3n) is 3.61. The molecule has 4 nitrogen and oxygen atoms in total. The van der Waals surface area contributed by atoms with Crippen LogP contribution in [0.15, 0.2) is 42.6 Å². The van der Waals surface area contributed by atoms with Gasteiger partial charge in [0.25, 0.3) is 0 Å². The average Bonchev–Trinajstić information content (AvgIpc) is 2.94. The Labute approximate surface area is 130 Å². The van der Waals surface area contributed by atoms with Gasteiger partial charge in [-0.1, -0.05) is 19.1 Å². The van der Waals surface area contributed by atoms with Crippen LogP contribution in [0, 0.1) is 5.82 Å². The Morgan fingerprint density at radius 3 is 2.68 bits per heavy atom. The number of hydrogen-bond donors (Lipinski definition) is 2. The highest BCUT2D eigenvalue weighted by Crippen LogP contribution is 2.09. The lowest BCUT2D eigenvalue weighted by Gasteiger charge is -2.14. The molecule has 0 radical (unpaired) electrons. The van der Waals surface area contributed by atoms with Gasteiger partial charge >= 0.3 is 6.03 Å². The Kier molecular flexibility index (Phi) is 5.58. The molecule has 0 saturated heterocycles. The zero-order valence-electron chi connectivity index (χ0n) is 13.0. The summed E-state index contributed by atoms with van der Waals surface area (Å²) in [4.78, 5) is 11.7. The Balaban J connectivity index is 1.92. The molecule has 2 amide bonds. The number of urea groups is 1. The van der Waals surface area contributed by atoms with E-state index in [9.17, 15) is 9.18 Å². The largest absolute Gasteiger partial charge is 0.345 e. The van der Waals surface area contributed by atoms with Crippen LogP contribution < -0.4 is 10.6 Å². The molecule has 0 fully saturated rings. The van der Waals surface area contributed by atoms with Crippen molar-refractivity contribution in [1.82, 2.24) is 15.2 Å². The van der Waals surface area contributed by atoms with Gasteiger partial charge in [0.15, 0.2) is 0 Å². The van der Waals surface area contributed by atoms with Gasteiger partial charge in [0.05, 0.1) is 6.54 Å². The molecule has 0 aliphatic heterocycles. The first kappa shape index (κ1) is 16.1. The Morgan fingerprint density at radius 1 is 1.27 bits per heavy atom. The van der Waals surface area contributed by atoms with Gasteiger partial charge in [0.1, 0.15) is 5.82 Å². The molecule has 0 spiro atoms. The maximum absolute atomic E-state index is 12.9. The van der Waals surface area contributed by atoms with E-state index in [1.54, 1.807) is 12.1 Å². The fourth-order valence-corrected chi connectivity index (χ4v) is 2.10. The summed E-state index contributed by atoms with van der Waals surface area (Å²) in [7, 11) is 0. The molecule has 22 heavy (non-hydrogen) atoms. The number of rotatable bonds is 6. The molecule has 0 aliphatic carbocycles. The monoisotopic (exact) mass is 303 g/mol. The molecule has 0 bridgehead atoms. The number of carbonyl (C=O) groups is 1. The van der Waals surface area contributed by atoms with Crippen LogP contribution in [0.1, 0.15) is 31.5 Å². The number of aromatic nitrogens is 1. The third kappa shape index (κ3) is 4.62. The first-order chi connectivity index (χ1) is 10.6. The zero-order valence-corrected chi connectivity index (χ0v) is 13.0. The van der Waals surface area contributed by atoms with E-state index >= 15 is 0 Å². The Hall–Kier alpha value is -2.30. The van der Waals surface area contributed by atoms with Gasteiger partial charge in [0.2, 0.25) is 0 Å². The van der Waals surface area contributed by atoms with Crippen molar-refractivity contribution in [3.8, 4) is 0 Å². The summed E-state index contributed by atoms with van der Waals surface area (Å²) in [5, 5.41) is 5.72. The van der Waals surface area contributed by atoms with Gasteiger partial charge in [-0.25, -0.2) is 9.18 Å². The van der Waals surface area contributed by atoms with E-state index in [0.717, 1.165) is 17.7 Å². The van der Waals surface area contributed by atoms with Gasteiger partial charge < -0.3 is 15.2 Å². The first-order valence-corrected chi connectivity index (χ1v) is 7.51. The standard InChI is InChI=1S/C17H22FN3O/c1-3-13(2)20-17(22)19-11-16-5-4-10-21(16)12-14-6-8-15(18)9-7-14/h4-10,13H,3,11-12H2,1-2H3,(H2,19,20,22)/t13-/m0/s1. The number of halogens is 1. The molecule has 5 heteroatoms. The Morgan fingerprint density at radius 2 is 2.00 bits per heavy atom. The second-order valence-corrected chi connectivity index (χ2v) is 5.39. The molecular formula is C17H22FN3O. The van der Waals surface area contributed by atoms with E-state index in [-0.39, 0.29) is 17.9 Å². The Bertz CT molecular complexity index is 607. The summed E-state index contributed by atoms with van der Waals surface area (Å²) in [6, 6.07) is 10.3. The van der Waals surface area contributed by atoms with E-state index in [2.05, 4.69) is 10.6 Å². The SMILES string of the molecule is CC[C@H](C)NC(=O)NCc1cccn1Cc1ccc(F)cc1. The van der Waals surface area contributed by atoms with Crippen molar-refractivity contribution in [2.24, 2.45) is 0 Å². The van der Waals surface area contributed by atoms with Gasteiger partial charge in [-0.05, 0) is 43.2 Å². The molecule has 2 aromatic rings. The minimum absolute atomic E-state index is 0.158. The fraction of sp³-hybridized carbons (Fsp3) is 0.353. The van der Waals surface area contributed by atoms with Crippen LogP contribution in [0.4, 0.5) is 9.18 Å². The molecule has 0 saturated carbocycles. The lowest BCUT2D eigenvalue weighted by molar-refractivity contribution is 0.237. The molecule has 1 aromatic carbocycles. The van der Waals surface area contributed by atoms with Crippen molar-refractivity contribution >= 4 is 6.03 Å². The van der Waals surface area contributed by atoms with E-state index in [1.165, 1.54) is 12.1 Å². The molecule has 0 unspecified atom stereocenters. The quantitative estimate of drug-likeness (QED) is 0.845. The lowest BCUT2D eigenvalue weighted by Crippen LogP contribution is -2.40. The average molecular weight is 303 g/mol. The topological polar surface area (TPSA) is 46.1 Å². The highest BCUT2D eigenvalue weighted by atomic mass is 19.1. The molecule has 118 valence electrons. The molecular weight excluding hydrogens is 281 g/mol. The summed E-state index contributed by atoms with van der Waals surface area (Å²) in [6.45, 7) is 5.10. The van der Waals surface area contributed by atoms with Crippen LogP contribution >= 0.6 is 0 Å². The van der Waals surface area contributed by atoms with Gasteiger partial charge in [-0.15, -0.1) is 0 Å². The number of hydrogen-bond acceptors (Lipinski definition) is 1. The van der Waals surface area contributed by atoms with Crippen molar-refractivity contribution < 1.29 is 9.18 Å². The lowest BCUT2D eigenvalue weighted by atomic mass is 10.2. The van der Waals surface area contributed by atoms with Crippen LogP contribution in [0.5, 0.6) is 0 Å². The van der Waals surface area contributed by atoms with Gasteiger partial charge in [-0.3, -0.25) is 0 Å². The van der Waals surface area contributed by atoms with E-state index in [1.807, 2.05) is 36.7 Å². The number of amides is 2. The van der Waals surface area contributed by atoms with E-state index in [4.69, 9.17) is 0 Å². The van der Waals surface area contributed by atoms with Crippen LogP contribution in [0.3, 0.4) is 0 Å². The minimum Gasteiger partial charge on any atom is -0.345 e. The number of carbonyl (C=O) groups excluding carboxylic acids is 1. The first-order valence-electron chi connectivity index (χ1n) is 7.51. The third-order valence-corrected chi connectivity index (χ3v) is 3.61. The van der Waals surface area contributed by atoms with Crippen LogP contribution in [-0.4, -0.2) is 16.6 Å². The van der Waals surface area contributed by atoms with E-state index in [0.29, 0.717) is 13.1 Å². The second-order valence-electron chi connectivity index (χ2n) is 5.39. The zero-order chi connectivity index (χ0) is 15.9. The van der Waals surface area contributed by atoms with Crippen LogP contribution in [0.25, 0.3) is 0 Å². The number of nitrogens with zero attached hydrogens (tertiary/aromatic N) is 1. The number of nitrogens with one attached hydrogen (secondary N) is 2. The predicted molar refractivity (Wildman–Crippen MR) is 85.1 cm³/mol. The van der Waals surface area contributed by atoms with Gasteiger partial charge in [-0.2, -0.15) is 0 Å². The predicted octanol–water partition coefficient (Wildman–Crippen LogP) is 3.27. The smallest absolute Gasteiger partial charge is 0.315 e. The second kappa shape index (κ2) is 7.64. The van der Waals surface area contributed by atoms with Crippen molar-refractivity contribution in [2.75, 3.05) is 0 Å². The summed E-state index contributed by atoms with van der Waals surface area (Å²) < 4.78 is 15.0. The molecule has 2 rings (SSSR count). The highest BCUT2D eigenvalue weighted by Gasteiger charge is 2.07. The molecule has 1 atom stereocenters. The molecule has 0 aliphatic rings. The number of benzene rings is 1. The maximum Gasteiger partial charge on any atom is 0.315 e. The van der Waals surface area contributed by atoms with Crippen molar-refractivity contribution in [2.45, 2.75) is 39.4 Å². The maximum atomic E-state index is 12.9. The van der Waals surface area contributed by atoms with Gasteiger partial charge in [0, 0.05) is 24.5 Å². The highest BCUT2D eigenvalue weighted by molar-refractivity contribution is 5.74. The van der Waals surface area contributed by atoms with Crippen molar-refractivity contribution in [1.29, 1.82) is 0 Å². The summed E-state index contributed by atoms with van der Waals surface area (Å²) in [5.74, 6) is -0.236. The molecule has 2 N–H and O–H groups in total. The fourth-order valence-electron chi connectivity index (χ4n) is 2.10. The molecule has 1 heterocycles. The van der Waals surface area contributed by atoms with E-state index < -0.39 is 0 Å².